The van der Waals surface area contributed by atoms with Gasteiger partial charge in [0.2, 0.25) is 0 Å². The van der Waals surface area contributed by atoms with E-state index >= 15 is 0 Å². The lowest BCUT2D eigenvalue weighted by Gasteiger charge is -2.41. The molecule has 0 bridgehead atoms. The third-order valence-electron chi connectivity index (χ3n) is 6.72. The first kappa shape index (κ1) is 29.7. The van der Waals surface area contributed by atoms with Gasteiger partial charge in [0, 0.05) is 24.0 Å². The van der Waals surface area contributed by atoms with Crippen molar-refractivity contribution in [2.45, 2.75) is 93.8 Å². The van der Waals surface area contributed by atoms with Crippen LogP contribution in [-0.4, -0.2) is 69.0 Å². The molecule has 3 aliphatic rings. The maximum absolute atomic E-state index is 14.7. The fourth-order valence-corrected chi connectivity index (χ4v) is 5.73. The minimum absolute atomic E-state index is 0.00882. The Kier molecular flexibility index (Phi) is 8.92. The first-order valence-corrected chi connectivity index (χ1v) is 13.3. The highest BCUT2D eigenvalue weighted by molar-refractivity contribution is 7.88. The summed E-state index contributed by atoms with van der Waals surface area (Å²) in [7, 11) is -6.38. The van der Waals surface area contributed by atoms with E-state index in [1.165, 1.54) is 6.92 Å². The molecule has 9 nitrogen and oxygen atoms in total. The van der Waals surface area contributed by atoms with Gasteiger partial charge in [-0.15, -0.1) is 0 Å². The minimum atomic E-state index is -6.38. The molecule has 0 aromatic carbocycles. The largest absolute Gasteiger partial charge is 0.459 e. The van der Waals surface area contributed by atoms with Gasteiger partial charge in [-0.3, -0.25) is 8.98 Å². The molecule has 0 aromatic rings. The van der Waals surface area contributed by atoms with E-state index in [-0.39, 0.29) is 63.7 Å². The number of hydrogen-bond acceptors (Lipinski definition) is 8. The molecule has 2 aliphatic carbocycles. The molecular weight excluding hydrogens is 533 g/mol. The van der Waals surface area contributed by atoms with E-state index in [0.29, 0.717) is 6.42 Å². The van der Waals surface area contributed by atoms with Crippen LogP contribution in [0.2, 0.25) is 0 Å². The maximum Gasteiger partial charge on any atom is 0.446 e. The molecule has 1 aliphatic heterocycles. The van der Waals surface area contributed by atoms with Crippen molar-refractivity contribution < 1.29 is 58.4 Å². The normalized spacial score (nSPS) is 27.5. The van der Waals surface area contributed by atoms with Crippen molar-refractivity contribution in [2.75, 3.05) is 13.2 Å². The van der Waals surface area contributed by atoms with Crippen LogP contribution >= 0.6 is 0 Å². The lowest BCUT2D eigenvalue weighted by Crippen LogP contribution is -2.56. The third-order valence-corrected chi connectivity index (χ3v) is 7.99. The molecule has 3 rings (SSSR count). The smallest absolute Gasteiger partial charge is 0.446 e. The molecule has 212 valence electrons. The van der Waals surface area contributed by atoms with Gasteiger partial charge in [0.15, 0.2) is 11.9 Å². The zero-order valence-corrected chi connectivity index (χ0v) is 21.0. The molecule has 2 unspecified atom stereocenters. The standard InChI is InChI=1S/C22H30F5NO8S/c1-13(2)18(29)35-15-8-6-14(7-9-15)28-19(30)22(26,27)37(31,32)36-17(21(23,24)25)16-5-3-10-20(16)33-11-4-12-34-20/h14-17H,1,3-12H2,2H3,(H,28,30). The molecule has 1 amide bonds. The maximum atomic E-state index is 14.7. The van der Waals surface area contributed by atoms with Crippen molar-refractivity contribution in [1.29, 1.82) is 0 Å². The summed E-state index contributed by atoms with van der Waals surface area (Å²) in [6.45, 7) is 5.00. The molecule has 1 saturated heterocycles. The van der Waals surface area contributed by atoms with Gasteiger partial charge in [0.1, 0.15) is 6.10 Å². The van der Waals surface area contributed by atoms with Gasteiger partial charge < -0.3 is 19.5 Å². The highest BCUT2D eigenvalue weighted by atomic mass is 32.2. The van der Waals surface area contributed by atoms with Crippen LogP contribution in [0.1, 0.15) is 58.3 Å². The van der Waals surface area contributed by atoms with Gasteiger partial charge in [-0.2, -0.15) is 30.4 Å². The Morgan fingerprint density at radius 1 is 1.03 bits per heavy atom. The summed E-state index contributed by atoms with van der Waals surface area (Å²) < 4.78 is 116. The molecular formula is C22H30F5NO8S. The first-order chi connectivity index (χ1) is 17.1. The summed E-state index contributed by atoms with van der Waals surface area (Å²) in [6, 6.07) is -0.908. The number of esters is 1. The van der Waals surface area contributed by atoms with Crippen LogP contribution in [0.15, 0.2) is 12.2 Å². The Labute approximate surface area is 211 Å². The second-order valence-electron chi connectivity index (χ2n) is 9.52. The lowest BCUT2D eigenvalue weighted by atomic mass is 9.93. The van der Waals surface area contributed by atoms with E-state index in [0.717, 1.165) is 0 Å². The summed E-state index contributed by atoms with van der Waals surface area (Å²) in [4.78, 5) is 23.8. The zero-order chi connectivity index (χ0) is 27.6. The summed E-state index contributed by atoms with van der Waals surface area (Å²) in [5.41, 5.74) is 0.169. The van der Waals surface area contributed by atoms with E-state index in [9.17, 15) is 40.0 Å². The number of hydrogen-bond donors (Lipinski definition) is 1. The predicted molar refractivity (Wildman–Crippen MR) is 116 cm³/mol. The number of nitrogens with one attached hydrogen (secondary N) is 1. The number of amides is 1. The van der Waals surface area contributed by atoms with Crippen molar-refractivity contribution in [3.63, 3.8) is 0 Å². The molecule has 37 heavy (non-hydrogen) atoms. The van der Waals surface area contributed by atoms with Crippen molar-refractivity contribution >= 4 is 22.0 Å². The van der Waals surface area contributed by atoms with Crippen LogP contribution < -0.4 is 5.32 Å². The molecule has 3 fully saturated rings. The third kappa shape index (κ3) is 6.60. The fraction of sp³-hybridized carbons (Fsp3) is 0.818. The van der Waals surface area contributed by atoms with Gasteiger partial charge >= 0.3 is 33.4 Å². The molecule has 1 spiro atoms. The molecule has 1 N–H and O–H groups in total. The van der Waals surface area contributed by atoms with Crippen LogP contribution in [0.5, 0.6) is 0 Å². The quantitative estimate of drug-likeness (QED) is 0.207. The Bertz CT molecular complexity index is 972. The van der Waals surface area contributed by atoms with E-state index < -0.39 is 63.4 Å². The monoisotopic (exact) mass is 563 g/mol. The van der Waals surface area contributed by atoms with Crippen molar-refractivity contribution in [3.8, 4) is 0 Å². The predicted octanol–water partition coefficient (Wildman–Crippen LogP) is 3.34. The number of halogens is 5. The van der Waals surface area contributed by atoms with E-state index in [2.05, 4.69) is 10.8 Å². The second kappa shape index (κ2) is 11.1. The molecule has 15 heteroatoms. The van der Waals surface area contributed by atoms with Gasteiger partial charge in [0.25, 0.3) is 0 Å². The highest BCUT2D eigenvalue weighted by Gasteiger charge is 2.63. The van der Waals surface area contributed by atoms with Crippen LogP contribution in [0.25, 0.3) is 0 Å². The average molecular weight is 564 g/mol. The van der Waals surface area contributed by atoms with Crippen molar-refractivity contribution in [1.82, 2.24) is 5.32 Å². The summed E-state index contributed by atoms with van der Waals surface area (Å²) in [5, 5.41) is -3.44. The Morgan fingerprint density at radius 2 is 1.62 bits per heavy atom. The van der Waals surface area contributed by atoms with E-state index in [4.69, 9.17) is 14.2 Å². The zero-order valence-electron chi connectivity index (χ0n) is 20.2. The first-order valence-electron chi connectivity index (χ1n) is 11.9. The van der Waals surface area contributed by atoms with Crippen LogP contribution in [0.3, 0.4) is 0 Å². The molecule has 1 heterocycles. The fourth-order valence-electron chi connectivity index (χ4n) is 4.81. The van der Waals surface area contributed by atoms with Gasteiger partial charge in [-0.05, 0) is 51.9 Å². The summed E-state index contributed by atoms with van der Waals surface area (Å²) >= 11 is 0. The van der Waals surface area contributed by atoms with Crippen LogP contribution in [0, 0.1) is 5.92 Å². The Balaban J connectivity index is 1.67. The number of ether oxygens (including phenoxy) is 3. The van der Waals surface area contributed by atoms with Gasteiger partial charge in [-0.1, -0.05) is 6.58 Å². The molecule has 0 aromatic heterocycles. The molecule has 2 atom stereocenters. The summed E-state index contributed by atoms with van der Waals surface area (Å²) in [5.74, 6) is -6.46. The van der Waals surface area contributed by atoms with E-state index in [1.807, 2.05) is 5.32 Å². The van der Waals surface area contributed by atoms with Gasteiger partial charge in [0.05, 0.1) is 13.2 Å². The minimum Gasteiger partial charge on any atom is -0.459 e. The topological polar surface area (TPSA) is 117 Å². The Hall–Kier alpha value is -1.84. The average Bonchev–Trinajstić information content (AvgIpc) is 3.20. The second-order valence-corrected chi connectivity index (χ2v) is 11.1. The molecule has 0 radical (unpaired) electrons. The number of alkyl halides is 5. The Morgan fingerprint density at radius 3 is 2.16 bits per heavy atom. The van der Waals surface area contributed by atoms with E-state index in [1.54, 1.807) is 0 Å². The number of carbonyl (C=O) groups excluding carboxylic acids is 2. The van der Waals surface area contributed by atoms with Crippen molar-refractivity contribution in [2.24, 2.45) is 5.92 Å². The highest BCUT2D eigenvalue weighted by Crippen LogP contribution is 2.49. The number of rotatable bonds is 8. The summed E-state index contributed by atoms with van der Waals surface area (Å²) in [6.07, 6.45) is -8.24. The molecule has 2 saturated carbocycles. The van der Waals surface area contributed by atoms with Crippen molar-refractivity contribution in [3.05, 3.63) is 12.2 Å². The van der Waals surface area contributed by atoms with Gasteiger partial charge in [-0.25, -0.2) is 4.79 Å². The van der Waals surface area contributed by atoms with Crippen LogP contribution in [0.4, 0.5) is 22.0 Å². The lowest BCUT2D eigenvalue weighted by molar-refractivity contribution is -0.317. The number of carbonyl (C=O) groups is 2. The van der Waals surface area contributed by atoms with Crippen LogP contribution in [-0.2, 0) is 38.1 Å². The SMILES string of the molecule is C=C(C)C(=O)OC1CCC(NC(=O)C(F)(F)S(=O)(=O)OC(C2CCCC23OCCCO3)C(F)(F)F)CC1.